The van der Waals surface area contributed by atoms with Gasteiger partial charge in [-0.2, -0.15) is 0 Å². The maximum Gasteiger partial charge on any atom is 0.283 e. The van der Waals surface area contributed by atoms with Crippen molar-refractivity contribution in [1.29, 1.82) is 0 Å². The largest absolute Gasteiger partial charge is 0.283 e. The Balaban J connectivity index is 2.23. The maximum atomic E-state index is 10.9. The van der Waals surface area contributed by atoms with Gasteiger partial charge in [0.25, 0.3) is 5.69 Å². The summed E-state index contributed by atoms with van der Waals surface area (Å²) >= 11 is 3.26. The molecular weight excluding hydrogens is 282 g/mol. The summed E-state index contributed by atoms with van der Waals surface area (Å²) in [6, 6.07) is 11.6. The van der Waals surface area contributed by atoms with E-state index in [1.807, 2.05) is 18.2 Å². The van der Waals surface area contributed by atoms with Gasteiger partial charge >= 0.3 is 0 Å². The van der Waals surface area contributed by atoms with Crippen molar-refractivity contribution >= 4 is 21.6 Å². The molecule has 84 valence electrons. The van der Waals surface area contributed by atoms with Crippen molar-refractivity contribution in [3.8, 4) is 11.1 Å². The van der Waals surface area contributed by atoms with Gasteiger partial charge in [0, 0.05) is 6.07 Å². The van der Waals surface area contributed by atoms with Crippen LogP contribution in [0, 0.1) is 10.1 Å². The van der Waals surface area contributed by atoms with Gasteiger partial charge in [-0.3, -0.25) is 10.1 Å². The molecule has 1 aliphatic carbocycles. The number of nitro groups is 1. The van der Waals surface area contributed by atoms with Gasteiger partial charge in [-0.1, -0.05) is 24.3 Å². The lowest BCUT2D eigenvalue weighted by molar-refractivity contribution is -0.385. The van der Waals surface area contributed by atoms with E-state index in [9.17, 15) is 10.1 Å². The van der Waals surface area contributed by atoms with E-state index in [-0.39, 0.29) is 10.6 Å². The van der Waals surface area contributed by atoms with Crippen LogP contribution in [0.1, 0.15) is 11.1 Å². The Morgan fingerprint density at radius 2 is 1.88 bits per heavy atom. The highest BCUT2D eigenvalue weighted by molar-refractivity contribution is 9.10. The predicted octanol–water partition coefficient (Wildman–Crippen LogP) is 3.93. The molecule has 0 aliphatic heterocycles. The van der Waals surface area contributed by atoms with Crippen LogP contribution in [0.4, 0.5) is 5.69 Å². The Labute approximate surface area is 106 Å². The number of benzene rings is 2. The SMILES string of the molecule is O=[N+]([O-])c1cc2c(cc1Br)-c1ccccc1C2. The van der Waals surface area contributed by atoms with E-state index in [2.05, 4.69) is 28.1 Å². The molecule has 0 fully saturated rings. The zero-order valence-electron chi connectivity index (χ0n) is 8.81. The first-order valence-electron chi connectivity index (χ1n) is 5.22. The van der Waals surface area contributed by atoms with E-state index in [4.69, 9.17) is 0 Å². The van der Waals surface area contributed by atoms with Crippen molar-refractivity contribution in [2.45, 2.75) is 6.42 Å². The number of rotatable bonds is 1. The monoisotopic (exact) mass is 289 g/mol. The highest BCUT2D eigenvalue weighted by Gasteiger charge is 2.23. The Morgan fingerprint density at radius 1 is 1.12 bits per heavy atom. The van der Waals surface area contributed by atoms with Gasteiger partial charge in [-0.25, -0.2) is 0 Å². The number of nitrogens with zero attached hydrogens (tertiary/aromatic N) is 1. The maximum absolute atomic E-state index is 10.9. The first-order chi connectivity index (χ1) is 8.16. The average molecular weight is 290 g/mol. The fourth-order valence-corrected chi connectivity index (χ4v) is 2.77. The number of hydrogen-bond donors (Lipinski definition) is 0. The van der Waals surface area contributed by atoms with E-state index >= 15 is 0 Å². The van der Waals surface area contributed by atoms with Crippen LogP contribution in [0.25, 0.3) is 11.1 Å². The molecule has 0 heterocycles. The molecule has 0 N–H and O–H groups in total. The second kappa shape index (κ2) is 3.67. The molecule has 3 nitrogen and oxygen atoms in total. The molecule has 0 aromatic heterocycles. The molecule has 3 rings (SSSR count). The summed E-state index contributed by atoms with van der Waals surface area (Å²) in [5, 5.41) is 10.9. The van der Waals surface area contributed by atoms with Crippen LogP contribution in [0.2, 0.25) is 0 Å². The lowest BCUT2D eigenvalue weighted by Gasteiger charge is -2.02. The summed E-state index contributed by atoms with van der Waals surface area (Å²) in [4.78, 5) is 10.5. The van der Waals surface area contributed by atoms with E-state index in [0.29, 0.717) is 4.47 Å². The van der Waals surface area contributed by atoms with Crippen molar-refractivity contribution in [3.63, 3.8) is 0 Å². The summed E-state index contributed by atoms with van der Waals surface area (Å²) in [6.07, 6.45) is 0.777. The van der Waals surface area contributed by atoms with Crippen LogP contribution in [-0.2, 0) is 6.42 Å². The summed E-state index contributed by atoms with van der Waals surface area (Å²) in [6.45, 7) is 0. The molecule has 0 amide bonds. The lowest BCUT2D eigenvalue weighted by atomic mass is 10.1. The zero-order valence-corrected chi connectivity index (χ0v) is 10.4. The van der Waals surface area contributed by atoms with Crippen LogP contribution < -0.4 is 0 Å². The molecule has 1 aliphatic rings. The minimum absolute atomic E-state index is 0.136. The predicted molar refractivity (Wildman–Crippen MR) is 69.0 cm³/mol. The molecule has 0 spiro atoms. The van der Waals surface area contributed by atoms with Crippen LogP contribution in [-0.4, -0.2) is 4.92 Å². The average Bonchev–Trinajstić information content (AvgIpc) is 2.65. The molecule has 0 radical (unpaired) electrons. The lowest BCUT2D eigenvalue weighted by Crippen LogP contribution is -1.91. The number of nitro benzene ring substituents is 1. The normalized spacial score (nSPS) is 12.1. The molecule has 0 atom stereocenters. The van der Waals surface area contributed by atoms with Crippen LogP contribution in [0.5, 0.6) is 0 Å². The Morgan fingerprint density at radius 3 is 2.65 bits per heavy atom. The third-order valence-corrected chi connectivity index (χ3v) is 3.69. The molecule has 0 saturated heterocycles. The zero-order chi connectivity index (χ0) is 12.0. The third-order valence-electron chi connectivity index (χ3n) is 3.06. The first-order valence-corrected chi connectivity index (χ1v) is 6.01. The highest BCUT2D eigenvalue weighted by Crippen LogP contribution is 2.41. The number of fused-ring (bicyclic) bond motifs is 3. The second-order valence-electron chi connectivity index (χ2n) is 4.05. The third kappa shape index (κ3) is 1.56. The van der Waals surface area contributed by atoms with Crippen molar-refractivity contribution in [3.05, 3.63) is 62.1 Å². The molecule has 0 bridgehead atoms. The fourth-order valence-electron chi connectivity index (χ4n) is 2.28. The Kier molecular flexibility index (Phi) is 2.26. The standard InChI is InChI=1S/C13H8BrNO2/c14-12-7-11-9(6-13(12)15(16)17)5-8-3-1-2-4-10(8)11/h1-4,6-7H,5H2. The van der Waals surface area contributed by atoms with Crippen LogP contribution in [0.3, 0.4) is 0 Å². The van der Waals surface area contributed by atoms with Crippen LogP contribution >= 0.6 is 15.9 Å². The van der Waals surface area contributed by atoms with E-state index in [0.717, 1.165) is 17.5 Å². The fraction of sp³-hybridized carbons (Fsp3) is 0.0769. The first kappa shape index (κ1) is 10.5. The second-order valence-corrected chi connectivity index (χ2v) is 4.91. The van der Waals surface area contributed by atoms with E-state index in [1.54, 1.807) is 6.07 Å². The van der Waals surface area contributed by atoms with Crippen molar-refractivity contribution in [1.82, 2.24) is 0 Å². The molecular formula is C13H8BrNO2. The molecule has 0 unspecified atom stereocenters. The van der Waals surface area contributed by atoms with Gasteiger partial charge in [0.1, 0.15) is 0 Å². The summed E-state index contributed by atoms with van der Waals surface area (Å²) < 4.78 is 0.540. The molecule has 4 heteroatoms. The molecule has 2 aromatic rings. The summed E-state index contributed by atoms with van der Waals surface area (Å²) in [5.41, 5.74) is 4.67. The van der Waals surface area contributed by atoms with E-state index < -0.39 is 0 Å². The van der Waals surface area contributed by atoms with Gasteiger partial charge in [0.15, 0.2) is 0 Å². The summed E-state index contributed by atoms with van der Waals surface area (Å²) in [7, 11) is 0. The summed E-state index contributed by atoms with van der Waals surface area (Å²) in [5.74, 6) is 0. The van der Waals surface area contributed by atoms with Crippen molar-refractivity contribution < 1.29 is 4.92 Å². The topological polar surface area (TPSA) is 43.1 Å². The highest BCUT2D eigenvalue weighted by atomic mass is 79.9. The minimum atomic E-state index is -0.354. The van der Waals surface area contributed by atoms with Crippen molar-refractivity contribution in [2.24, 2.45) is 0 Å². The Hall–Kier alpha value is -1.68. The van der Waals surface area contributed by atoms with Gasteiger partial charge < -0.3 is 0 Å². The van der Waals surface area contributed by atoms with E-state index in [1.165, 1.54) is 11.1 Å². The minimum Gasteiger partial charge on any atom is -0.258 e. The smallest absolute Gasteiger partial charge is 0.258 e. The van der Waals surface area contributed by atoms with Crippen molar-refractivity contribution in [2.75, 3.05) is 0 Å². The van der Waals surface area contributed by atoms with Gasteiger partial charge in [0.2, 0.25) is 0 Å². The number of hydrogen-bond acceptors (Lipinski definition) is 2. The molecule has 17 heavy (non-hydrogen) atoms. The van der Waals surface area contributed by atoms with Gasteiger partial charge in [-0.15, -0.1) is 0 Å². The number of halogens is 1. The quantitative estimate of drug-likeness (QED) is 0.503. The van der Waals surface area contributed by atoms with Crippen LogP contribution in [0.15, 0.2) is 40.9 Å². The van der Waals surface area contributed by atoms with Gasteiger partial charge in [0.05, 0.1) is 9.40 Å². The Bertz CT molecular complexity index is 637. The van der Waals surface area contributed by atoms with Gasteiger partial charge in [-0.05, 0) is 50.7 Å². The molecule has 2 aromatic carbocycles. The molecule has 0 saturated carbocycles.